The molecular formula is C32H54. The Hall–Kier alpha value is -1.56. The summed E-state index contributed by atoms with van der Waals surface area (Å²) in [6.45, 7) is 19.5. The molecule has 32 heavy (non-hydrogen) atoms. The van der Waals surface area contributed by atoms with Gasteiger partial charge in [0.1, 0.15) is 0 Å². The molecule has 5 unspecified atom stereocenters. The van der Waals surface area contributed by atoms with Gasteiger partial charge in [0.25, 0.3) is 0 Å². The van der Waals surface area contributed by atoms with Gasteiger partial charge in [0.15, 0.2) is 0 Å². The van der Waals surface area contributed by atoms with Gasteiger partial charge in [0.2, 0.25) is 0 Å². The molecule has 0 radical (unpaired) electrons. The lowest BCUT2D eigenvalue weighted by Crippen LogP contribution is -2.09. The SMILES string of the molecule is C=C/C=C\C=C\CC(C)CC/C=C\C(C)CCCC(C)CCC(C)C(C)CC/C=C\C=C. The van der Waals surface area contributed by atoms with Gasteiger partial charge in [0.05, 0.1) is 0 Å². The fraction of sp³-hybridized carbons (Fsp3) is 0.625. The van der Waals surface area contributed by atoms with Crippen LogP contribution in [0.4, 0.5) is 0 Å². The van der Waals surface area contributed by atoms with E-state index >= 15 is 0 Å². The highest BCUT2D eigenvalue weighted by Crippen LogP contribution is 2.26. The highest BCUT2D eigenvalue weighted by Gasteiger charge is 2.13. The summed E-state index contributed by atoms with van der Waals surface area (Å²) >= 11 is 0. The predicted molar refractivity (Wildman–Crippen MR) is 149 cm³/mol. The van der Waals surface area contributed by atoms with Crippen LogP contribution in [0, 0.1) is 29.6 Å². The van der Waals surface area contributed by atoms with Crippen molar-refractivity contribution >= 4 is 0 Å². The second-order valence-electron chi connectivity index (χ2n) is 10.2. The fourth-order valence-corrected chi connectivity index (χ4v) is 4.06. The Kier molecular flexibility index (Phi) is 20.3. The zero-order valence-electron chi connectivity index (χ0n) is 22.1. The van der Waals surface area contributed by atoms with Crippen molar-refractivity contribution in [2.45, 2.75) is 98.8 Å². The lowest BCUT2D eigenvalue weighted by Gasteiger charge is -2.21. The van der Waals surface area contributed by atoms with E-state index in [-0.39, 0.29) is 0 Å². The molecule has 0 aromatic carbocycles. The summed E-state index contributed by atoms with van der Waals surface area (Å²) in [6, 6.07) is 0. The maximum Gasteiger partial charge on any atom is -0.0262 e. The smallest absolute Gasteiger partial charge is 0.0262 e. The van der Waals surface area contributed by atoms with Crippen molar-refractivity contribution in [2.75, 3.05) is 0 Å². The fourth-order valence-electron chi connectivity index (χ4n) is 4.06. The molecule has 0 spiro atoms. The first-order valence-electron chi connectivity index (χ1n) is 13.3. The third-order valence-electron chi connectivity index (χ3n) is 6.83. The number of hydrogen-bond donors (Lipinski definition) is 0. The van der Waals surface area contributed by atoms with Crippen molar-refractivity contribution in [1.29, 1.82) is 0 Å². The normalized spacial score (nSPS) is 17.3. The molecule has 0 aromatic rings. The maximum atomic E-state index is 3.74. The number of rotatable bonds is 20. The van der Waals surface area contributed by atoms with Gasteiger partial charge in [-0.1, -0.05) is 134 Å². The summed E-state index contributed by atoms with van der Waals surface area (Å²) in [5.74, 6) is 3.96. The molecule has 0 bridgehead atoms. The van der Waals surface area contributed by atoms with Crippen molar-refractivity contribution < 1.29 is 0 Å². The molecule has 0 saturated heterocycles. The summed E-state index contributed by atoms with van der Waals surface area (Å²) in [4.78, 5) is 0. The Morgan fingerprint density at radius 1 is 0.562 bits per heavy atom. The van der Waals surface area contributed by atoms with E-state index in [2.05, 4.69) is 84.2 Å². The van der Waals surface area contributed by atoms with Crippen molar-refractivity contribution in [2.24, 2.45) is 29.6 Å². The van der Waals surface area contributed by atoms with Crippen LogP contribution < -0.4 is 0 Å². The minimum absolute atomic E-state index is 0.712. The zero-order valence-corrected chi connectivity index (χ0v) is 22.1. The molecule has 0 amide bonds. The molecule has 0 aliphatic carbocycles. The molecule has 5 atom stereocenters. The number of hydrogen-bond acceptors (Lipinski definition) is 0. The molecule has 0 N–H and O–H groups in total. The van der Waals surface area contributed by atoms with E-state index in [4.69, 9.17) is 0 Å². The predicted octanol–water partition coefficient (Wildman–Crippen LogP) is 10.7. The highest BCUT2D eigenvalue weighted by atomic mass is 14.2. The van der Waals surface area contributed by atoms with E-state index in [0.717, 1.165) is 30.1 Å². The lowest BCUT2D eigenvalue weighted by molar-refractivity contribution is 0.309. The Bertz CT molecular complexity index is 559. The third-order valence-corrected chi connectivity index (χ3v) is 6.83. The maximum absolute atomic E-state index is 3.74. The molecule has 0 rings (SSSR count). The van der Waals surface area contributed by atoms with Crippen molar-refractivity contribution in [1.82, 2.24) is 0 Å². The van der Waals surface area contributed by atoms with Gasteiger partial charge in [-0.15, -0.1) is 0 Å². The van der Waals surface area contributed by atoms with Crippen molar-refractivity contribution in [3.05, 3.63) is 73.9 Å². The molecule has 0 saturated carbocycles. The molecule has 0 heteroatoms. The van der Waals surface area contributed by atoms with Gasteiger partial charge in [-0.05, 0) is 68.1 Å². The highest BCUT2D eigenvalue weighted by molar-refractivity contribution is 5.08. The third kappa shape index (κ3) is 19.1. The van der Waals surface area contributed by atoms with Gasteiger partial charge in [0, 0.05) is 0 Å². The minimum atomic E-state index is 0.712. The Morgan fingerprint density at radius 3 is 1.97 bits per heavy atom. The first kappa shape index (κ1) is 30.4. The average molecular weight is 439 g/mol. The Balaban J connectivity index is 3.86. The van der Waals surface area contributed by atoms with E-state index < -0.39 is 0 Å². The van der Waals surface area contributed by atoms with Crippen LogP contribution in [0.5, 0.6) is 0 Å². The molecular weight excluding hydrogens is 384 g/mol. The largest absolute Gasteiger partial charge is 0.0991 e. The van der Waals surface area contributed by atoms with Crippen LogP contribution in [0.2, 0.25) is 0 Å². The average Bonchev–Trinajstić information content (AvgIpc) is 2.77. The Morgan fingerprint density at radius 2 is 1.25 bits per heavy atom. The summed E-state index contributed by atoms with van der Waals surface area (Å²) in [5.41, 5.74) is 0. The van der Waals surface area contributed by atoms with Gasteiger partial charge in [-0.3, -0.25) is 0 Å². The van der Waals surface area contributed by atoms with Crippen LogP contribution in [0.3, 0.4) is 0 Å². The van der Waals surface area contributed by atoms with E-state index in [1.54, 1.807) is 0 Å². The second kappa shape index (κ2) is 21.3. The quantitative estimate of drug-likeness (QED) is 0.131. The van der Waals surface area contributed by atoms with Gasteiger partial charge in [-0.25, -0.2) is 0 Å². The molecule has 182 valence electrons. The zero-order chi connectivity index (χ0) is 24.0. The van der Waals surface area contributed by atoms with Crippen LogP contribution in [0.1, 0.15) is 98.8 Å². The van der Waals surface area contributed by atoms with Crippen LogP contribution in [0.25, 0.3) is 0 Å². The van der Waals surface area contributed by atoms with Crippen LogP contribution in [0.15, 0.2) is 73.9 Å². The molecule has 0 aliphatic rings. The van der Waals surface area contributed by atoms with E-state index in [0.29, 0.717) is 5.92 Å². The Labute approximate surface area is 202 Å². The molecule has 0 heterocycles. The summed E-state index contributed by atoms with van der Waals surface area (Å²) < 4.78 is 0. The van der Waals surface area contributed by atoms with E-state index in [9.17, 15) is 0 Å². The molecule has 0 aliphatic heterocycles. The minimum Gasteiger partial charge on any atom is -0.0991 e. The summed E-state index contributed by atoms with van der Waals surface area (Å²) in [7, 11) is 0. The van der Waals surface area contributed by atoms with Crippen LogP contribution in [-0.2, 0) is 0 Å². The van der Waals surface area contributed by atoms with E-state index in [1.165, 1.54) is 57.8 Å². The topological polar surface area (TPSA) is 0 Å². The van der Waals surface area contributed by atoms with Crippen molar-refractivity contribution in [3.63, 3.8) is 0 Å². The first-order chi connectivity index (χ1) is 15.4. The molecule has 0 aromatic heterocycles. The molecule has 0 nitrogen and oxygen atoms in total. The summed E-state index contributed by atoms with van der Waals surface area (Å²) in [6.07, 6.45) is 34.2. The van der Waals surface area contributed by atoms with E-state index in [1.807, 2.05) is 24.3 Å². The van der Waals surface area contributed by atoms with Crippen molar-refractivity contribution in [3.8, 4) is 0 Å². The standard InChI is InChI=1S/C32H54/c1-8-10-12-14-15-20-28(3)21-17-18-22-29(4)23-19-24-30(5)26-27-32(7)31(6)25-16-13-11-9-2/h8-15,18,22,28-32H,1-2,16-17,19-21,23-27H2,3-7H3/b12-10-,13-11-,15-14+,22-18-. The van der Waals surface area contributed by atoms with Crippen LogP contribution >= 0.6 is 0 Å². The van der Waals surface area contributed by atoms with Gasteiger partial charge < -0.3 is 0 Å². The first-order valence-corrected chi connectivity index (χ1v) is 13.3. The van der Waals surface area contributed by atoms with Crippen LogP contribution in [-0.4, -0.2) is 0 Å². The monoisotopic (exact) mass is 438 g/mol. The second-order valence-corrected chi connectivity index (χ2v) is 10.2. The summed E-state index contributed by atoms with van der Waals surface area (Å²) in [5, 5.41) is 0. The lowest BCUT2D eigenvalue weighted by atomic mass is 9.85. The number of allylic oxidation sites excluding steroid dienone is 10. The molecule has 0 fully saturated rings. The van der Waals surface area contributed by atoms with Gasteiger partial charge >= 0.3 is 0 Å². The van der Waals surface area contributed by atoms with Gasteiger partial charge in [-0.2, -0.15) is 0 Å².